The number of nitrogens with zero attached hydrogens (tertiary/aromatic N) is 5. The zero-order valence-corrected chi connectivity index (χ0v) is 23.6. The van der Waals surface area contributed by atoms with Gasteiger partial charge in [-0.1, -0.05) is 31.4 Å². The van der Waals surface area contributed by atoms with Crippen molar-refractivity contribution in [1.29, 1.82) is 5.41 Å². The number of pyridine rings is 1. The molecule has 2 atom stereocenters. The van der Waals surface area contributed by atoms with E-state index in [9.17, 15) is 4.79 Å². The van der Waals surface area contributed by atoms with Gasteiger partial charge >= 0.3 is 6.09 Å². The van der Waals surface area contributed by atoms with Gasteiger partial charge in [0.25, 0.3) is 5.90 Å². The van der Waals surface area contributed by atoms with Gasteiger partial charge in [0, 0.05) is 37.5 Å². The maximum atomic E-state index is 11.4. The molecule has 0 aromatic carbocycles. The Morgan fingerprint density at radius 3 is 2.65 bits per heavy atom. The SMILES string of the molecule is C#CC1CCC(Cn2c(C3(OC)CCCCC3C)nc3nc(C(=N)OC(N)=O)nc(-c4cncc(Cl)c4)c32)CC1. The van der Waals surface area contributed by atoms with E-state index in [2.05, 4.69) is 32.4 Å². The lowest BCUT2D eigenvalue weighted by molar-refractivity contribution is -0.0923. The number of nitrogens with one attached hydrogen (secondary N) is 1. The van der Waals surface area contributed by atoms with E-state index in [0.29, 0.717) is 45.8 Å². The van der Waals surface area contributed by atoms with Crippen LogP contribution in [0.5, 0.6) is 0 Å². The third kappa shape index (κ3) is 5.28. The molecule has 0 spiro atoms. The van der Waals surface area contributed by atoms with Crippen LogP contribution in [0.15, 0.2) is 18.5 Å². The van der Waals surface area contributed by atoms with Crippen LogP contribution >= 0.6 is 11.6 Å². The van der Waals surface area contributed by atoms with E-state index in [1.54, 1.807) is 25.6 Å². The lowest BCUT2D eigenvalue weighted by Crippen LogP contribution is -2.41. The first-order chi connectivity index (χ1) is 19.3. The highest BCUT2D eigenvalue weighted by Gasteiger charge is 2.45. The molecule has 2 saturated carbocycles. The van der Waals surface area contributed by atoms with E-state index in [1.807, 2.05) is 0 Å². The number of imidazole rings is 1. The smallest absolute Gasteiger partial charge is 0.388 e. The molecule has 3 aromatic rings. The van der Waals surface area contributed by atoms with Crippen LogP contribution in [0.4, 0.5) is 4.79 Å². The molecule has 210 valence electrons. The second kappa shape index (κ2) is 11.5. The van der Waals surface area contributed by atoms with Gasteiger partial charge in [-0.3, -0.25) is 10.4 Å². The second-order valence-electron chi connectivity index (χ2n) is 10.9. The number of terminal acetylenes is 1. The van der Waals surface area contributed by atoms with Crippen molar-refractivity contribution in [3.8, 4) is 23.6 Å². The molecule has 2 aliphatic rings. The van der Waals surface area contributed by atoms with Crippen molar-refractivity contribution in [2.45, 2.75) is 70.4 Å². The van der Waals surface area contributed by atoms with Gasteiger partial charge in [0.1, 0.15) is 22.6 Å². The largest absolute Gasteiger partial charge is 0.411 e. The molecule has 0 radical (unpaired) electrons. The predicted molar refractivity (Wildman–Crippen MR) is 152 cm³/mol. The third-order valence-electron chi connectivity index (χ3n) is 8.48. The number of aromatic nitrogens is 5. The number of carbonyl (C=O) groups excluding carboxylic acids is 1. The molecular formula is C29H34ClN7O3. The maximum absolute atomic E-state index is 11.4. The molecule has 3 aromatic heterocycles. The highest BCUT2D eigenvalue weighted by Crippen LogP contribution is 2.46. The van der Waals surface area contributed by atoms with E-state index in [4.69, 9.17) is 43.6 Å². The number of amides is 1. The molecule has 1 amide bonds. The fourth-order valence-corrected chi connectivity index (χ4v) is 6.52. The molecule has 0 saturated heterocycles. The van der Waals surface area contributed by atoms with Crippen molar-refractivity contribution < 1.29 is 14.3 Å². The Morgan fingerprint density at radius 1 is 1.23 bits per heavy atom. The average molecular weight is 564 g/mol. The van der Waals surface area contributed by atoms with Crippen molar-refractivity contribution in [3.05, 3.63) is 35.1 Å². The number of methoxy groups -OCH3 is 1. The van der Waals surface area contributed by atoms with Gasteiger partial charge in [-0.05, 0) is 56.4 Å². The third-order valence-corrected chi connectivity index (χ3v) is 8.69. The molecule has 11 heteroatoms. The number of halogens is 1. The first-order valence-corrected chi connectivity index (χ1v) is 14.1. The lowest BCUT2D eigenvalue weighted by Gasteiger charge is -2.41. The number of hydrogen-bond acceptors (Lipinski definition) is 8. The summed E-state index contributed by atoms with van der Waals surface area (Å²) in [6.45, 7) is 2.90. The van der Waals surface area contributed by atoms with Crippen LogP contribution < -0.4 is 5.73 Å². The van der Waals surface area contributed by atoms with Crippen molar-refractivity contribution in [2.75, 3.05) is 7.11 Å². The molecule has 0 aliphatic heterocycles. The molecule has 5 rings (SSSR count). The number of fused-ring (bicyclic) bond motifs is 1. The van der Waals surface area contributed by atoms with Crippen LogP contribution in [0.25, 0.3) is 22.4 Å². The van der Waals surface area contributed by atoms with Crippen LogP contribution in [-0.4, -0.2) is 43.6 Å². The summed E-state index contributed by atoms with van der Waals surface area (Å²) < 4.78 is 13.4. The van der Waals surface area contributed by atoms with Gasteiger partial charge in [-0.15, -0.1) is 12.3 Å². The Bertz CT molecular complexity index is 1470. The van der Waals surface area contributed by atoms with Gasteiger partial charge < -0.3 is 19.8 Å². The number of primary amides is 1. The van der Waals surface area contributed by atoms with E-state index < -0.39 is 17.6 Å². The van der Waals surface area contributed by atoms with Gasteiger partial charge in [0.2, 0.25) is 5.82 Å². The predicted octanol–water partition coefficient (Wildman–Crippen LogP) is 5.45. The lowest BCUT2D eigenvalue weighted by atomic mass is 9.75. The maximum Gasteiger partial charge on any atom is 0.411 e. The quantitative estimate of drug-likeness (QED) is 0.230. The average Bonchev–Trinajstić information content (AvgIpc) is 3.31. The van der Waals surface area contributed by atoms with Crippen molar-refractivity contribution >= 4 is 34.8 Å². The highest BCUT2D eigenvalue weighted by atomic mass is 35.5. The van der Waals surface area contributed by atoms with Crippen LogP contribution in [0.2, 0.25) is 5.02 Å². The van der Waals surface area contributed by atoms with Crippen molar-refractivity contribution in [3.63, 3.8) is 0 Å². The van der Waals surface area contributed by atoms with Crippen LogP contribution in [0.1, 0.15) is 69.9 Å². The van der Waals surface area contributed by atoms with Crippen molar-refractivity contribution in [1.82, 2.24) is 24.5 Å². The Labute approximate surface area is 238 Å². The molecule has 2 fully saturated rings. The van der Waals surface area contributed by atoms with Crippen LogP contribution in [-0.2, 0) is 21.6 Å². The normalized spacial score (nSPS) is 24.9. The summed E-state index contributed by atoms with van der Waals surface area (Å²) in [6, 6.07) is 1.75. The molecule has 2 unspecified atom stereocenters. The molecular weight excluding hydrogens is 530 g/mol. The summed E-state index contributed by atoms with van der Waals surface area (Å²) in [4.78, 5) is 30.0. The number of carbonyl (C=O) groups is 1. The number of hydrogen-bond donors (Lipinski definition) is 2. The Balaban J connectivity index is 1.75. The number of rotatable bonds is 6. The highest BCUT2D eigenvalue weighted by molar-refractivity contribution is 6.30. The molecule has 40 heavy (non-hydrogen) atoms. The first-order valence-electron chi connectivity index (χ1n) is 13.7. The summed E-state index contributed by atoms with van der Waals surface area (Å²) >= 11 is 6.34. The monoisotopic (exact) mass is 563 g/mol. The summed E-state index contributed by atoms with van der Waals surface area (Å²) in [5, 5.41) is 8.71. The Kier molecular flexibility index (Phi) is 8.06. The molecule has 3 heterocycles. The minimum Gasteiger partial charge on any atom is -0.388 e. The molecule has 0 bridgehead atoms. The Hall–Kier alpha value is -3.55. The number of nitrogens with two attached hydrogens (primary N) is 1. The second-order valence-corrected chi connectivity index (χ2v) is 11.3. The fraction of sp³-hybridized carbons (Fsp3) is 0.517. The summed E-state index contributed by atoms with van der Waals surface area (Å²) in [5.41, 5.74) is 6.75. The molecule has 3 N–H and O–H groups in total. The molecule has 2 aliphatic carbocycles. The Morgan fingerprint density at radius 2 is 2.00 bits per heavy atom. The van der Waals surface area contributed by atoms with Gasteiger partial charge in [-0.25, -0.2) is 19.7 Å². The van der Waals surface area contributed by atoms with E-state index in [-0.39, 0.29) is 11.7 Å². The van der Waals surface area contributed by atoms with E-state index in [0.717, 1.165) is 57.2 Å². The number of ether oxygens (including phenoxy) is 2. The zero-order chi connectivity index (χ0) is 28.4. The minimum absolute atomic E-state index is 0.116. The molecule has 10 nitrogen and oxygen atoms in total. The zero-order valence-electron chi connectivity index (χ0n) is 22.8. The summed E-state index contributed by atoms with van der Waals surface area (Å²) in [5.74, 6) is 3.95. The van der Waals surface area contributed by atoms with Crippen molar-refractivity contribution in [2.24, 2.45) is 23.5 Å². The van der Waals surface area contributed by atoms with Crippen LogP contribution in [0.3, 0.4) is 0 Å². The first kappa shape index (κ1) is 28.0. The van der Waals surface area contributed by atoms with Gasteiger partial charge in [-0.2, -0.15) is 0 Å². The summed E-state index contributed by atoms with van der Waals surface area (Å²) in [6.07, 6.45) is 15.8. The van der Waals surface area contributed by atoms with Gasteiger partial charge in [0.15, 0.2) is 5.65 Å². The van der Waals surface area contributed by atoms with Gasteiger partial charge in [0.05, 0.1) is 5.02 Å². The van der Waals surface area contributed by atoms with E-state index in [1.165, 1.54) is 0 Å². The minimum atomic E-state index is -1.12. The summed E-state index contributed by atoms with van der Waals surface area (Å²) in [7, 11) is 1.75. The van der Waals surface area contributed by atoms with Crippen LogP contribution in [0, 0.1) is 35.5 Å². The standard InChI is InChI=1S/C29H34ClN7O3/c1-4-18-8-10-19(11-9-18)16-37-23-22(20-13-21(30)15-33-14-20)34-26(24(31)40-28(32)38)35-25(23)36-27(37)29(39-3)12-6-5-7-17(29)2/h1,13-15,17-19,31H,5-12,16H2,2-3H3,(H2,32,38). The fourth-order valence-electron chi connectivity index (χ4n) is 6.34. The van der Waals surface area contributed by atoms with E-state index >= 15 is 0 Å². The topological polar surface area (TPSA) is 142 Å².